The number of carbonyl (C=O) groups excluding carboxylic acids is 1. The number of hydrogen-bond acceptors (Lipinski definition) is 3. The first-order chi connectivity index (χ1) is 8.20. The van der Waals surface area contributed by atoms with Crippen molar-refractivity contribution in [3.63, 3.8) is 0 Å². The molecule has 0 spiro atoms. The smallest absolute Gasteiger partial charge is 0.255 e. The Morgan fingerprint density at radius 1 is 1.41 bits per heavy atom. The molecule has 1 aromatic rings. The quantitative estimate of drug-likeness (QED) is 0.787. The molecule has 2 atom stereocenters. The van der Waals surface area contributed by atoms with Gasteiger partial charge in [-0.2, -0.15) is 10.2 Å². The minimum absolute atomic E-state index is 0.0243. The second-order valence-corrected chi connectivity index (χ2v) is 5.59. The Kier molecular flexibility index (Phi) is 4.10. The molecule has 5 heteroatoms. The number of amides is 1. The number of carbonyl (C=O) groups is 1. The zero-order valence-corrected chi connectivity index (χ0v) is 11.4. The molecule has 0 aromatic carbocycles. The first-order valence-electron chi connectivity index (χ1n) is 5.88. The van der Waals surface area contributed by atoms with E-state index in [1.807, 2.05) is 11.9 Å². The molecular weight excluding hydrogens is 282 g/mol. The summed E-state index contributed by atoms with van der Waals surface area (Å²) in [6, 6.07) is 1.99. The second kappa shape index (κ2) is 5.58. The molecule has 0 N–H and O–H groups in total. The number of halogens is 1. The Bertz CT molecular complexity index is 385. The third kappa shape index (κ3) is 2.83. The predicted molar refractivity (Wildman–Crippen MR) is 69.1 cm³/mol. The van der Waals surface area contributed by atoms with Crippen molar-refractivity contribution in [3.05, 3.63) is 24.0 Å². The number of nitrogens with zero attached hydrogens (tertiary/aromatic N) is 3. The van der Waals surface area contributed by atoms with E-state index in [1.54, 1.807) is 12.3 Å². The zero-order valence-electron chi connectivity index (χ0n) is 9.84. The van der Waals surface area contributed by atoms with Crippen molar-refractivity contribution in [2.24, 2.45) is 0 Å². The standard InChI is InChI=1S/C12H16BrN3O/c1-16(11-5-3-2-4-10(11)13)12(17)9-6-7-14-15-8-9/h6-8,10-11H,2-5H2,1H3. The Hall–Kier alpha value is -0.970. The molecule has 1 aliphatic carbocycles. The van der Waals surface area contributed by atoms with Crippen LogP contribution in [0.1, 0.15) is 36.0 Å². The zero-order chi connectivity index (χ0) is 12.3. The minimum atomic E-state index is 0.0243. The lowest BCUT2D eigenvalue weighted by Gasteiger charge is -2.35. The summed E-state index contributed by atoms with van der Waals surface area (Å²) >= 11 is 3.67. The van der Waals surface area contributed by atoms with Crippen LogP contribution in [0.15, 0.2) is 18.5 Å². The highest BCUT2D eigenvalue weighted by Crippen LogP contribution is 2.28. The maximum Gasteiger partial charge on any atom is 0.255 e. The Labute approximate surface area is 110 Å². The summed E-state index contributed by atoms with van der Waals surface area (Å²) in [5.74, 6) is 0.0243. The molecule has 0 bridgehead atoms. The van der Waals surface area contributed by atoms with Gasteiger partial charge in [-0.3, -0.25) is 4.79 Å². The van der Waals surface area contributed by atoms with Gasteiger partial charge >= 0.3 is 0 Å². The summed E-state index contributed by atoms with van der Waals surface area (Å²) in [6.07, 6.45) is 7.70. The van der Waals surface area contributed by atoms with Crippen molar-refractivity contribution in [3.8, 4) is 0 Å². The van der Waals surface area contributed by atoms with Crippen LogP contribution in [-0.2, 0) is 0 Å². The molecule has 1 heterocycles. The van der Waals surface area contributed by atoms with Crippen molar-refractivity contribution < 1.29 is 4.79 Å². The van der Waals surface area contributed by atoms with E-state index in [2.05, 4.69) is 26.1 Å². The highest BCUT2D eigenvalue weighted by Gasteiger charge is 2.29. The minimum Gasteiger partial charge on any atom is -0.338 e. The van der Waals surface area contributed by atoms with Gasteiger partial charge in [0.1, 0.15) is 0 Å². The van der Waals surface area contributed by atoms with Crippen LogP contribution >= 0.6 is 15.9 Å². The molecule has 92 valence electrons. The van der Waals surface area contributed by atoms with Crippen molar-refractivity contribution in [1.29, 1.82) is 0 Å². The van der Waals surface area contributed by atoms with E-state index in [1.165, 1.54) is 19.0 Å². The summed E-state index contributed by atoms with van der Waals surface area (Å²) in [5, 5.41) is 7.43. The van der Waals surface area contributed by atoms with Gasteiger partial charge in [0, 0.05) is 17.9 Å². The van der Waals surface area contributed by atoms with E-state index in [0.29, 0.717) is 10.4 Å². The second-order valence-electron chi connectivity index (χ2n) is 4.41. The van der Waals surface area contributed by atoms with Gasteiger partial charge in [-0.1, -0.05) is 28.8 Å². The van der Waals surface area contributed by atoms with Gasteiger partial charge in [0.2, 0.25) is 0 Å². The fourth-order valence-corrected chi connectivity index (χ4v) is 3.22. The van der Waals surface area contributed by atoms with Gasteiger partial charge in [0.15, 0.2) is 0 Å². The van der Waals surface area contributed by atoms with Crippen LogP contribution in [0.25, 0.3) is 0 Å². The monoisotopic (exact) mass is 297 g/mol. The van der Waals surface area contributed by atoms with Gasteiger partial charge in [-0.15, -0.1) is 0 Å². The van der Waals surface area contributed by atoms with Crippen molar-refractivity contribution >= 4 is 21.8 Å². The molecule has 4 nitrogen and oxygen atoms in total. The molecule has 0 aliphatic heterocycles. The van der Waals surface area contributed by atoms with Crippen molar-refractivity contribution in [2.45, 2.75) is 36.6 Å². The first-order valence-corrected chi connectivity index (χ1v) is 6.79. The largest absolute Gasteiger partial charge is 0.338 e. The molecule has 1 saturated carbocycles. The Balaban J connectivity index is 2.09. The molecule has 1 aliphatic rings. The van der Waals surface area contributed by atoms with Gasteiger partial charge in [0.25, 0.3) is 5.91 Å². The maximum absolute atomic E-state index is 12.2. The molecule has 0 saturated heterocycles. The number of alkyl halides is 1. The number of rotatable bonds is 2. The molecule has 1 fully saturated rings. The van der Waals surface area contributed by atoms with Crippen LogP contribution in [0.3, 0.4) is 0 Å². The lowest BCUT2D eigenvalue weighted by atomic mass is 9.94. The first kappa shape index (κ1) is 12.5. The molecule has 2 unspecified atom stereocenters. The van der Waals surface area contributed by atoms with Crippen LogP contribution < -0.4 is 0 Å². The van der Waals surface area contributed by atoms with Crippen molar-refractivity contribution in [1.82, 2.24) is 15.1 Å². The highest BCUT2D eigenvalue weighted by atomic mass is 79.9. The Morgan fingerprint density at radius 2 is 2.18 bits per heavy atom. The van der Waals surface area contributed by atoms with E-state index in [-0.39, 0.29) is 11.9 Å². The van der Waals surface area contributed by atoms with E-state index in [0.717, 1.165) is 12.8 Å². The fraction of sp³-hybridized carbons (Fsp3) is 0.583. The van der Waals surface area contributed by atoms with E-state index in [4.69, 9.17) is 0 Å². The summed E-state index contributed by atoms with van der Waals surface area (Å²) < 4.78 is 0. The van der Waals surface area contributed by atoms with Crippen LogP contribution in [0.4, 0.5) is 0 Å². The summed E-state index contributed by atoms with van der Waals surface area (Å²) in [5.41, 5.74) is 0.604. The van der Waals surface area contributed by atoms with Crippen molar-refractivity contribution in [2.75, 3.05) is 7.05 Å². The van der Waals surface area contributed by atoms with Gasteiger partial charge in [0.05, 0.1) is 18.0 Å². The van der Waals surface area contributed by atoms with Crippen LogP contribution in [-0.4, -0.2) is 38.9 Å². The molecule has 0 radical (unpaired) electrons. The van der Waals surface area contributed by atoms with Crippen LogP contribution in [0, 0.1) is 0 Å². The SMILES string of the molecule is CN(C(=O)c1ccnnc1)C1CCCCC1Br. The topological polar surface area (TPSA) is 46.1 Å². The molecule has 1 amide bonds. The number of hydrogen-bond donors (Lipinski definition) is 0. The summed E-state index contributed by atoms with van der Waals surface area (Å²) in [4.78, 5) is 14.5. The van der Waals surface area contributed by atoms with Gasteiger partial charge in [-0.25, -0.2) is 0 Å². The van der Waals surface area contributed by atoms with Gasteiger partial charge < -0.3 is 4.90 Å². The maximum atomic E-state index is 12.2. The predicted octanol–water partition coefficient (Wildman–Crippen LogP) is 2.25. The third-order valence-corrected chi connectivity index (χ3v) is 4.36. The van der Waals surface area contributed by atoms with E-state index >= 15 is 0 Å². The average molecular weight is 298 g/mol. The molecule has 17 heavy (non-hydrogen) atoms. The third-order valence-electron chi connectivity index (χ3n) is 3.30. The molecule has 2 rings (SSSR count). The summed E-state index contributed by atoms with van der Waals surface area (Å²) in [7, 11) is 1.87. The Morgan fingerprint density at radius 3 is 2.82 bits per heavy atom. The number of aromatic nitrogens is 2. The van der Waals surface area contributed by atoms with Gasteiger partial charge in [-0.05, 0) is 18.9 Å². The lowest BCUT2D eigenvalue weighted by molar-refractivity contribution is 0.0704. The fourth-order valence-electron chi connectivity index (χ4n) is 2.27. The van der Waals surface area contributed by atoms with Crippen LogP contribution in [0.2, 0.25) is 0 Å². The normalized spacial score (nSPS) is 24.4. The molecular formula is C12H16BrN3O. The summed E-state index contributed by atoms with van der Waals surface area (Å²) in [6.45, 7) is 0. The van der Waals surface area contributed by atoms with Crippen LogP contribution in [0.5, 0.6) is 0 Å². The molecule has 1 aromatic heterocycles. The average Bonchev–Trinajstić information content (AvgIpc) is 2.39. The lowest BCUT2D eigenvalue weighted by Crippen LogP contribution is -2.44. The van der Waals surface area contributed by atoms with E-state index < -0.39 is 0 Å². The van der Waals surface area contributed by atoms with E-state index in [9.17, 15) is 4.79 Å². The highest BCUT2D eigenvalue weighted by molar-refractivity contribution is 9.09.